The minimum Gasteiger partial charge on any atom is -0.339 e. The number of amides is 1. The van der Waals surface area contributed by atoms with E-state index in [1.165, 1.54) is 0 Å². The Morgan fingerprint density at radius 1 is 1.26 bits per heavy atom. The van der Waals surface area contributed by atoms with Gasteiger partial charge in [-0.3, -0.25) is 9.59 Å². The largest absolute Gasteiger partial charge is 0.339 e. The number of likely N-dealkylation sites (tertiary alicyclic amines) is 1. The van der Waals surface area contributed by atoms with E-state index < -0.39 is 0 Å². The van der Waals surface area contributed by atoms with E-state index in [-0.39, 0.29) is 28.9 Å². The zero-order chi connectivity index (χ0) is 19.0. The van der Waals surface area contributed by atoms with Crippen LogP contribution in [0, 0.1) is 0 Å². The summed E-state index contributed by atoms with van der Waals surface area (Å²) in [5, 5.41) is 4.03. The number of hydrogen-bond donors (Lipinski definition) is 1. The molecule has 7 heteroatoms. The van der Waals surface area contributed by atoms with Gasteiger partial charge in [0.1, 0.15) is 5.56 Å². The van der Waals surface area contributed by atoms with Gasteiger partial charge in [-0.25, -0.2) is 0 Å². The lowest BCUT2D eigenvalue weighted by Crippen LogP contribution is -2.40. The molecule has 0 aromatic carbocycles. The number of nitrogens with zero attached hydrogens (tertiary/aromatic N) is 3. The van der Waals surface area contributed by atoms with Gasteiger partial charge in [-0.05, 0) is 50.2 Å². The van der Waals surface area contributed by atoms with E-state index in [1.54, 1.807) is 4.90 Å². The summed E-state index contributed by atoms with van der Waals surface area (Å²) in [4.78, 5) is 34.5. The lowest BCUT2D eigenvalue weighted by Gasteiger charge is -2.30. The summed E-state index contributed by atoms with van der Waals surface area (Å²) < 4.78 is 5.41. The Hall–Kier alpha value is -2.44. The summed E-state index contributed by atoms with van der Waals surface area (Å²) in [6.07, 6.45) is 5.58. The molecule has 0 bridgehead atoms. The van der Waals surface area contributed by atoms with Crippen molar-refractivity contribution in [3.63, 3.8) is 0 Å². The van der Waals surface area contributed by atoms with Crippen molar-refractivity contribution >= 4 is 5.91 Å². The number of rotatable bonds is 3. The standard InChI is InChI=1S/C20H26N4O3/c1-12(2)17-22-19(27-23-17)13-7-9-24(10-8-13)20(26)15-11-14-5-3-4-6-16(14)21-18(15)25/h11-13H,3-10H2,1-2H3,(H,21,25). The number of aromatic amines is 1. The van der Waals surface area contributed by atoms with Gasteiger partial charge >= 0.3 is 0 Å². The molecule has 144 valence electrons. The maximum Gasteiger partial charge on any atom is 0.261 e. The van der Waals surface area contributed by atoms with Crippen LogP contribution in [0.15, 0.2) is 15.4 Å². The van der Waals surface area contributed by atoms with Crippen LogP contribution in [0.3, 0.4) is 0 Å². The van der Waals surface area contributed by atoms with Crippen LogP contribution in [0.25, 0.3) is 0 Å². The Morgan fingerprint density at radius 2 is 2.00 bits per heavy atom. The molecule has 1 N–H and O–H groups in total. The molecule has 4 rings (SSSR count). The van der Waals surface area contributed by atoms with Crippen LogP contribution in [-0.2, 0) is 12.8 Å². The van der Waals surface area contributed by atoms with Crippen molar-refractivity contribution < 1.29 is 9.32 Å². The van der Waals surface area contributed by atoms with Crippen molar-refractivity contribution in [3.8, 4) is 0 Å². The molecule has 1 fully saturated rings. The highest BCUT2D eigenvalue weighted by atomic mass is 16.5. The molecule has 1 aliphatic carbocycles. The van der Waals surface area contributed by atoms with E-state index >= 15 is 0 Å². The second-order valence-electron chi connectivity index (χ2n) is 7.94. The predicted octanol–water partition coefficient (Wildman–Crippen LogP) is 2.78. The van der Waals surface area contributed by atoms with Gasteiger partial charge < -0.3 is 14.4 Å². The van der Waals surface area contributed by atoms with Gasteiger partial charge in [0, 0.05) is 30.6 Å². The van der Waals surface area contributed by atoms with Crippen LogP contribution in [-0.4, -0.2) is 39.0 Å². The van der Waals surface area contributed by atoms with Crippen LogP contribution >= 0.6 is 0 Å². The van der Waals surface area contributed by atoms with Gasteiger partial charge in [0.25, 0.3) is 11.5 Å². The molecular weight excluding hydrogens is 344 g/mol. The van der Waals surface area contributed by atoms with E-state index in [1.807, 2.05) is 19.9 Å². The quantitative estimate of drug-likeness (QED) is 0.897. The number of pyridine rings is 1. The van der Waals surface area contributed by atoms with Crippen LogP contribution in [0.2, 0.25) is 0 Å². The molecule has 0 spiro atoms. The number of fused-ring (bicyclic) bond motifs is 1. The Labute approximate surface area is 158 Å². The van der Waals surface area contributed by atoms with Crippen molar-refractivity contribution in [2.75, 3.05) is 13.1 Å². The van der Waals surface area contributed by atoms with Gasteiger partial charge in [0.05, 0.1) is 0 Å². The Balaban J connectivity index is 1.45. The molecule has 0 atom stereocenters. The summed E-state index contributed by atoms with van der Waals surface area (Å²) in [6.45, 7) is 5.26. The first-order valence-electron chi connectivity index (χ1n) is 9.90. The first kappa shape index (κ1) is 17.9. The minimum absolute atomic E-state index is 0.170. The highest BCUT2D eigenvalue weighted by molar-refractivity contribution is 5.94. The summed E-state index contributed by atoms with van der Waals surface area (Å²) in [6, 6.07) is 1.81. The van der Waals surface area contributed by atoms with E-state index in [0.717, 1.165) is 55.6 Å². The maximum absolute atomic E-state index is 12.9. The van der Waals surface area contributed by atoms with E-state index in [2.05, 4.69) is 15.1 Å². The highest BCUT2D eigenvalue weighted by Crippen LogP contribution is 2.28. The van der Waals surface area contributed by atoms with E-state index in [4.69, 9.17) is 4.52 Å². The molecule has 2 aromatic heterocycles. The number of nitrogens with one attached hydrogen (secondary N) is 1. The number of carbonyl (C=O) groups is 1. The summed E-state index contributed by atoms with van der Waals surface area (Å²) in [7, 11) is 0. The normalized spacial score (nSPS) is 18.0. The van der Waals surface area contributed by atoms with Gasteiger partial charge in [0.2, 0.25) is 5.89 Å². The Kier molecular flexibility index (Phi) is 4.85. The molecule has 1 amide bonds. The molecule has 1 saturated heterocycles. The van der Waals surface area contributed by atoms with E-state index in [9.17, 15) is 9.59 Å². The maximum atomic E-state index is 12.9. The van der Waals surface area contributed by atoms with Crippen molar-refractivity contribution in [1.29, 1.82) is 0 Å². The predicted molar refractivity (Wildman–Crippen MR) is 100.0 cm³/mol. The molecule has 0 saturated carbocycles. The van der Waals surface area contributed by atoms with E-state index in [0.29, 0.717) is 19.0 Å². The third-order valence-corrected chi connectivity index (χ3v) is 5.67. The zero-order valence-corrected chi connectivity index (χ0v) is 16.0. The SMILES string of the molecule is CC(C)c1noc(C2CCN(C(=O)c3cc4c([nH]c3=O)CCCC4)CC2)n1. The molecule has 27 heavy (non-hydrogen) atoms. The second-order valence-corrected chi connectivity index (χ2v) is 7.94. The lowest BCUT2D eigenvalue weighted by atomic mass is 9.94. The molecule has 0 radical (unpaired) electrons. The summed E-state index contributed by atoms with van der Waals surface area (Å²) in [5.41, 5.74) is 2.13. The van der Waals surface area contributed by atoms with Crippen molar-refractivity contribution in [2.45, 2.75) is 64.2 Å². The third kappa shape index (κ3) is 3.55. The first-order chi connectivity index (χ1) is 13.0. The second kappa shape index (κ2) is 7.29. The zero-order valence-electron chi connectivity index (χ0n) is 16.0. The number of carbonyl (C=O) groups excluding carboxylic acids is 1. The Bertz CT molecular complexity index is 891. The average Bonchev–Trinajstić information content (AvgIpc) is 3.17. The van der Waals surface area contributed by atoms with Crippen molar-refractivity contribution in [3.05, 3.63) is 45.0 Å². The summed E-state index contributed by atoms with van der Waals surface area (Å²) >= 11 is 0. The van der Waals surface area contributed by atoms with Crippen LogP contribution in [0.5, 0.6) is 0 Å². The average molecular weight is 370 g/mol. The fourth-order valence-corrected chi connectivity index (χ4v) is 3.98. The number of hydrogen-bond acceptors (Lipinski definition) is 5. The number of H-pyrrole nitrogens is 1. The molecule has 1 aliphatic heterocycles. The lowest BCUT2D eigenvalue weighted by molar-refractivity contribution is 0.0702. The molecule has 3 heterocycles. The fourth-order valence-electron chi connectivity index (χ4n) is 3.98. The molecule has 7 nitrogen and oxygen atoms in total. The third-order valence-electron chi connectivity index (χ3n) is 5.67. The molecule has 0 unspecified atom stereocenters. The van der Waals surface area contributed by atoms with Gasteiger partial charge in [-0.2, -0.15) is 4.98 Å². The van der Waals surface area contributed by atoms with Crippen molar-refractivity contribution in [1.82, 2.24) is 20.0 Å². The molecule has 2 aromatic rings. The monoisotopic (exact) mass is 370 g/mol. The highest BCUT2D eigenvalue weighted by Gasteiger charge is 2.29. The minimum atomic E-state index is -0.263. The summed E-state index contributed by atoms with van der Waals surface area (Å²) in [5.74, 6) is 1.63. The first-order valence-corrected chi connectivity index (χ1v) is 9.90. The van der Waals surface area contributed by atoms with Gasteiger partial charge in [-0.1, -0.05) is 19.0 Å². The van der Waals surface area contributed by atoms with Gasteiger partial charge in [-0.15, -0.1) is 0 Å². The smallest absolute Gasteiger partial charge is 0.261 e. The van der Waals surface area contributed by atoms with Crippen molar-refractivity contribution in [2.24, 2.45) is 0 Å². The number of piperidine rings is 1. The van der Waals surface area contributed by atoms with Crippen LogP contribution < -0.4 is 5.56 Å². The van der Waals surface area contributed by atoms with Crippen LogP contribution in [0.1, 0.15) is 84.7 Å². The Morgan fingerprint density at radius 3 is 2.70 bits per heavy atom. The number of aryl methyl sites for hydroxylation is 2. The van der Waals surface area contributed by atoms with Gasteiger partial charge in [0.15, 0.2) is 5.82 Å². The molecule has 2 aliphatic rings. The fraction of sp³-hybridized carbons (Fsp3) is 0.600. The van der Waals surface area contributed by atoms with Crippen LogP contribution in [0.4, 0.5) is 0 Å². The molecular formula is C20H26N4O3. The topological polar surface area (TPSA) is 92.1 Å². The number of aromatic nitrogens is 3.